The third-order valence-electron chi connectivity index (χ3n) is 3.75. The minimum absolute atomic E-state index is 0.0525. The van der Waals surface area contributed by atoms with E-state index in [1.54, 1.807) is 36.4 Å². The summed E-state index contributed by atoms with van der Waals surface area (Å²) in [5.41, 5.74) is 0.689. The molecule has 0 bridgehead atoms. The Kier molecular flexibility index (Phi) is 5.79. The largest absolute Gasteiger partial charge is 0.494 e. The Morgan fingerprint density at radius 1 is 1.19 bits per heavy atom. The fraction of sp³-hybridized carbons (Fsp3) is 0.222. The van der Waals surface area contributed by atoms with Crippen LogP contribution in [0.15, 0.2) is 57.9 Å². The number of nitrogens with zero attached hydrogens (tertiary/aromatic N) is 3. The standard InChI is InChI=1S/C18H18ClN3O4S/c1-3-25-15-7-9-16(10-8-15)27(23,24)22(2)12-17-20-18(21-26-17)13-5-4-6-14(19)11-13/h4-11H,3,12H2,1-2H3. The van der Waals surface area contributed by atoms with Crippen molar-refractivity contribution in [2.75, 3.05) is 13.7 Å². The lowest BCUT2D eigenvalue weighted by molar-refractivity contribution is 0.336. The van der Waals surface area contributed by atoms with Gasteiger partial charge in [0.1, 0.15) is 5.75 Å². The van der Waals surface area contributed by atoms with Crippen LogP contribution in [0.3, 0.4) is 0 Å². The summed E-state index contributed by atoms with van der Waals surface area (Å²) < 4.78 is 37.1. The summed E-state index contributed by atoms with van der Waals surface area (Å²) in [5, 5.41) is 4.43. The van der Waals surface area contributed by atoms with Crippen LogP contribution >= 0.6 is 11.6 Å². The van der Waals surface area contributed by atoms with Gasteiger partial charge in [-0.25, -0.2) is 8.42 Å². The molecular weight excluding hydrogens is 390 g/mol. The summed E-state index contributed by atoms with van der Waals surface area (Å²) in [5.74, 6) is 1.14. The molecule has 0 radical (unpaired) electrons. The van der Waals surface area contributed by atoms with Gasteiger partial charge in [-0.1, -0.05) is 28.9 Å². The van der Waals surface area contributed by atoms with Crippen LogP contribution in [-0.4, -0.2) is 36.5 Å². The van der Waals surface area contributed by atoms with Gasteiger partial charge in [0.25, 0.3) is 0 Å². The first-order valence-corrected chi connectivity index (χ1v) is 9.99. The van der Waals surface area contributed by atoms with Gasteiger partial charge in [0.05, 0.1) is 18.0 Å². The molecule has 3 aromatic rings. The topological polar surface area (TPSA) is 85.5 Å². The second-order valence-corrected chi connectivity index (χ2v) is 8.17. The van der Waals surface area contributed by atoms with Crippen LogP contribution in [0.1, 0.15) is 12.8 Å². The molecule has 1 heterocycles. The van der Waals surface area contributed by atoms with Crippen LogP contribution in [0.2, 0.25) is 5.02 Å². The van der Waals surface area contributed by atoms with E-state index in [0.29, 0.717) is 28.8 Å². The molecule has 9 heteroatoms. The molecule has 0 aliphatic heterocycles. The second kappa shape index (κ2) is 8.08. The third-order valence-corrected chi connectivity index (χ3v) is 5.80. The number of benzene rings is 2. The molecule has 0 aliphatic carbocycles. The smallest absolute Gasteiger partial charge is 0.243 e. The Morgan fingerprint density at radius 2 is 1.93 bits per heavy atom. The molecule has 0 saturated heterocycles. The van der Waals surface area contributed by atoms with Crippen molar-refractivity contribution < 1.29 is 17.7 Å². The maximum absolute atomic E-state index is 12.7. The predicted octanol–water partition coefficient (Wildman–Crippen LogP) is 3.61. The molecule has 0 unspecified atom stereocenters. The van der Waals surface area contributed by atoms with Crippen molar-refractivity contribution in [2.24, 2.45) is 0 Å². The van der Waals surface area contributed by atoms with Gasteiger partial charge in [-0.2, -0.15) is 9.29 Å². The minimum atomic E-state index is -3.70. The molecule has 27 heavy (non-hydrogen) atoms. The predicted molar refractivity (Wildman–Crippen MR) is 101 cm³/mol. The van der Waals surface area contributed by atoms with Crippen LogP contribution < -0.4 is 4.74 Å². The minimum Gasteiger partial charge on any atom is -0.494 e. The Morgan fingerprint density at radius 3 is 2.59 bits per heavy atom. The Labute approximate surface area is 162 Å². The van der Waals surface area contributed by atoms with Crippen molar-refractivity contribution in [1.82, 2.24) is 14.4 Å². The first kappa shape index (κ1) is 19.3. The number of aromatic nitrogens is 2. The van der Waals surface area contributed by atoms with Crippen LogP contribution in [-0.2, 0) is 16.6 Å². The van der Waals surface area contributed by atoms with E-state index in [0.717, 1.165) is 4.31 Å². The molecule has 0 fully saturated rings. The van der Waals surface area contributed by atoms with Gasteiger partial charge in [0.2, 0.25) is 21.7 Å². The summed E-state index contributed by atoms with van der Waals surface area (Å²) in [6.45, 7) is 2.32. The van der Waals surface area contributed by atoms with E-state index in [2.05, 4.69) is 10.1 Å². The van der Waals surface area contributed by atoms with Crippen LogP contribution in [0.5, 0.6) is 5.75 Å². The van der Waals surface area contributed by atoms with E-state index < -0.39 is 10.0 Å². The molecule has 1 aromatic heterocycles. The number of sulfonamides is 1. The molecule has 0 saturated carbocycles. The average Bonchev–Trinajstić information content (AvgIpc) is 3.11. The number of halogens is 1. The Hall–Kier alpha value is -2.42. The first-order valence-electron chi connectivity index (χ1n) is 8.18. The molecule has 3 rings (SSSR count). The lowest BCUT2D eigenvalue weighted by Crippen LogP contribution is -2.26. The van der Waals surface area contributed by atoms with E-state index >= 15 is 0 Å². The average molecular weight is 408 g/mol. The van der Waals surface area contributed by atoms with Crippen LogP contribution in [0.25, 0.3) is 11.4 Å². The van der Waals surface area contributed by atoms with Gasteiger partial charge in [-0.3, -0.25) is 0 Å². The molecule has 0 aliphatic rings. The summed E-state index contributed by atoms with van der Waals surface area (Å²) in [4.78, 5) is 4.40. The zero-order valence-corrected chi connectivity index (χ0v) is 16.4. The first-order chi connectivity index (χ1) is 12.9. The van der Waals surface area contributed by atoms with Crippen molar-refractivity contribution in [2.45, 2.75) is 18.4 Å². The van der Waals surface area contributed by atoms with Gasteiger partial charge in [0, 0.05) is 17.6 Å². The number of ether oxygens (including phenoxy) is 1. The normalized spacial score (nSPS) is 11.7. The Bertz CT molecular complexity index is 1020. The quantitative estimate of drug-likeness (QED) is 0.594. The number of hydrogen-bond donors (Lipinski definition) is 0. The van der Waals surface area contributed by atoms with E-state index in [4.69, 9.17) is 20.9 Å². The zero-order valence-electron chi connectivity index (χ0n) is 14.8. The molecule has 0 amide bonds. The summed E-state index contributed by atoms with van der Waals surface area (Å²) >= 11 is 5.96. The van der Waals surface area contributed by atoms with Crippen molar-refractivity contribution in [3.63, 3.8) is 0 Å². The van der Waals surface area contributed by atoms with Crippen molar-refractivity contribution in [3.8, 4) is 17.1 Å². The summed E-state index contributed by atoms with van der Waals surface area (Å²) in [7, 11) is -2.25. The van der Waals surface area contributed by atoms with Gasteiger partial charge in [-0.15, -0.1) is 0 Å². The number of hydrogen-bond acceptors (Lipinski definition) is 6. The lowest BCUT2D eigenvalue weighted by Gasteiger charge is -2.15. The number of rotatable bonds is 7. The van der Waals surface area contributed by atoms with E-state index in [1.165, 1.54) is 19.2 Å². The molecule has 0 N–H and O–H groups in total. The molecule has 0 spiro atoms. The lowest BCUT2D eigenvalue weighted by atomic mass is 10.2. The molecule has 142 valence electrons. The summed E-state index contributed by atoms with van der Waals surface area (Å²) in [6.07, 6.45) is 0. The van der Waals surface area contributed by atoms with Crippen molar-refractivity contribution in [3.05, 3.63) is 59.4 Å². The van der Waals surface area contributed by atoms with Crippen molar-refractivity contribution >= 4 is 21.6 Å². The molecule has 2 aromatic carbocycles. The third kappa shape index (κ3) is 4.47. The molecule has 0 atom stereocenters. The fourth-order valence-electron chi connectivity index (χ4n) is 2.39. The molecule has 7 nitrogen and oxygen atoms in total. The Balaban J connectivity index is 1.75. The van der Waals surface area contributed by atoms with Gasteiger partial charge in [-0.05, 0) is 43.3 Å². The van der Waals surface area contributed by atoms with Gasteiger partial charge in [0.15, 0.2) is 0 Å². The highest BCUT2D eigenvalue weighted by atomic mass is 35.5. The highest BCUT2D eigenvalue weighted by Gasteiger charge is 2.23. The molecular formula is C18H18ClN3O4S. The SMILES string of the molecule is CCOc1ccc(S(=O)(=O)N(C)Cc2nc(-c3cccc(Cl)c3)no2)cc1. The van der Waals surface area contributed by atoms with E-state index in [-0.39, 0.29) is 17.3 Å². The van der Waals surface area contributed by atoms with Gasteiger partial charge >= 0.3 is 0 Å². The summed E-state index contributed by atoms with van der Waals surface area (Å²) in [6, 6.07) is 13.3. The zero-order chi connectivity index (χ0) is 19.4. The second-order valence-electron chi connectivity index (χ2n) is 5.69. The van der Waals surface area contributed by atoms with E-state index in [9.17, 15) is 8.42 Å². The van der Waals surface area contributed by atoms with Crippen LogP contribution in [0, 0.1) is 0 Å². The van der Waals surface area contributed by atoms with Crippen LogP contribution in [0.4, 0.5) is 0 Å². The maximum atomic E-state index is 12.7. The fourth-order valence-corrected chi connectivity index (χ4v) is 3.70. The highest BCUT2D eigenvalue weighted by molar-refractivity contribution is 7.89. The van der Waals surface area contributed by atoms with Gasteiger partial charge < -0.3 is 9.26 Å². The monoisotopic (exact) mass is 407 g/mol. The van der Waals surface area contributed by atoms with Crippen molar-refractivity contribution in [1.29, 1.82) is 0 Å². The maximum Gasteiger partial charge on any atom is 0.243 e. The highest BCUT2D eigenvalue weighted by Crippen LogP contribution is 2.22. The van der Waals surface area contributed by atoms with E-state index in [1.807, 2.05) is 6.92 Å².